The summed E-state index contributed by atoms with van der Waals surface area (Å²) in [4.78, 5) is 42.5. The van der Waals surface area contributed by atoms with Crippen LogP contribution in [-0.4, -0.2) is 67.0 Å². The Bertz CT molecular complexity index is 957. The lowest BCUT2D eigenvalue weighted by atomic mass is 10.0. The molecule has 8 heteroatoms. The summed E-state index contributed by atoms with van der Waals surface area (Å²) in [6.07, 6.45) is 1.25. The summed E-state index contributed by atoms with van der Waals surface area (Å²) in [7, 11) is 1.55. The molecule has 0 N–H and O–H groups in total. The number of hydrogen-bond donors (Lipinski definition) is 0. The van der Waals surface area contributed by atoms with Gasteiger partial charge in [0.2, 0.25) is 0 Å². The number of carbonyl (C=O) groups is 3. The zero-order valence-electron chi connectivity index (χ0n) is 17.4. The first-order valence-electron chi connectivity index (χ1n) is 10.3. The molecule has 2 saturated heterocycles. The Morgan fingerprint density at radius 3 is 2.29 bits per heavy atom. The van der Waals surface area contributed by atoms with Gasteiger partial charge in [-0.1, -0.05) is 30.3 Å². The molecule has 4 rings (SSSR count). The highest BCUT2D eigenvalue weighted by Gasteiger charge is 2.41. The molecule has 0 bridgehead atoms. The maximum atomic E-state index is 12.9. The molecule has 0 radical (unpaired) electrons. The quantitative estimate of drug-likeness (QED) is 0.667. The predicted molar refractivity (Wildman–Crippen MR) is 114 cm³/mol. The van der Waals surface area contributed by atoms with Gasteiger partial charge in [-0.2, -0.15) is 0 Å². The number of nitrogens with zero attached hydrogens (tertiary/aromatic N) is 3. The van der Waals surface area contributed by atoms with Gasteiger partial charge < -0.3 is 19.3 Å². The average Bonchev–Trinajstić information content (AvgIpc) is 3.12. The summed E-state index contributed by atoms with van der Waals surface area (Å²) >= 11 is 0. The van der Waals surface area contributed by atoms with E-state index in [4.69, 9.17) is 9.47 Å². The molecule has 2 heterocycles. The summed E-state index contributed by atoms with van der Waals surface area (Å²) in [5.41, 5.74) is 0.584. The third kappa shape index (κ3) is 4.33. The van der Waals surface area contributed by atoms with Gasteiger partial charge in [-0.25, -0.2) is 9.69 Å². The second kappa shape index (κ2) is 9.07. The number of methoxy groups -OCH3 is 1. The summed E-state index contributed by atoms with van der Waals surface area (Å²) < 4.78 is 10.9. The normalized spacial score (nSPS) is 17.3. The van der Waals surface area contributed by atoms with Crippen LogP contribution in [0.2, 0.25) is 0 Å². The van der Waals surface area contributed by atoms with Crippen molar-refractivity contribution in [3.8, 4) is 11.5 Å². The molecule has 0 aromatic heterocycles. The maximum absolute atomic E-state index is 12.9. The Morgan fingerprint density at radius 2 is 1.61 bits per heavy atom. The van der Waals surface area contributed by atoms with Crippen LogP contribution in [0.5, 0.6) is 11.5 Å². The zero-order chi connectivity index (χ0) is 21.8. The Hall–Kier alpha value is -3.55. The fraction of sp³-hybridized carbons (Fsp3) is 0.348. The van der Waals surface area contributed by atoms with Gasteiger partial charge >= 0.3 is 6.03 Å². The first kappa shape index (κ1) is 20.7. The number of piperidine rings is 1. The second-order valence-electron chi connectivity index (χ2n) is 7.53. The van der Waals surface area contributed by atoms with Gasteiger partial charge in [0.1, 0.15) is 6.54 Å². The van der Waals surface area contributed by atoms with E-state index < -0.39 is 0 Å². The second-order valence-corrected chi connectivity index (χ2v) is 7.53. The number of amides is 4. The topological polar surface area (TPSA) is 79.4 Å². The number of carbonyl (C=O) groups excluding carboxylic acids is 3. The van der Waals surface area contributed by atoms with Crippen LogP contribution >= 0.6 is 0 Å². The van der Waals surface area contributed by atoms with E-state index in [1.807, 2.05) is 18.2 Å². The van der Waals surface area contributed by atoms with Crippen molar-refractivity contribution in [1.29, 1.82) is 0 Å². The minimum atomic E-state index is -0.291. The molecule has 2 aliphatic heterocycles. The fourth-order valence-electron chi connectivity index (χ4n) is 4.03. The number of para-hydroxylation sites is 3. The lowest BCUT2D eigenvalue weighted by molar-refractivity contribution is -0.135. The molecule has 8 nitrogen and oxygen atoms in total. The highest BCUT2D eigenvalue weighted by atomic mass is 16.5. The molecule has 162 valence electrons. The van der Waals surface area contributed by atoms with Crippen LogP contribution in [0.1, 0.15) is 12.8 Å². The smallest absolute Gasteiger partial charge is 0.332 e. The molecule has 0 atom stereocenters. The van der Waals surface area contributed by atoms with Crippen molar-refractivity contribution in [2.45, 2.75) is 18.9 Å². The number of benzene rings is 2. The fourth-order valence-corrected chi connectivity index (χ4v) is 4.03. The monoisotopic (exact) mass is 423 g/mol. The minimum Gasteiger partial charge on any atom is -0.493 e. The molecule has 4 amide bonds. The van der Waals surface area contributed by atoms with Gasteiger partial charge in [-0.15, -0.1) is 0 Å². The number of likely N-dealkylation sites (tertiary alicyclic amines) is 1. The van der Waals surface area contributed by atoms with Crippen LogP contribution in [0.4, 0.5) is 10.5 Å². The van der Waals surface area contributed by atoms with Gasteiger partial charge in [-0.05, 0) is 37.1 Å². The molecule has 0 aliphatic carbocycles. The Balaban J connectivity index is 1.31. The van der Waals surface area contributed by atoms with E-state index in [0.717, 1.165) is 0 Å². The molecule has 31 heavy (non-hydrogen) atoms. The minimum absolute atomic E-state index is 0.0654. The van der Waals surface area contributed by atoms with Crippen molar-refractivity contribution >= 4 is 23.5 Å². The number of urea groups is 1. The van der Waals surface area contributed by atoms with E-state index in [9.17, 15) is 14.4 Å². The van der Waals surface area contributed by atoms with Crippen LogP contribution < -0.4 is 14.4 Å². The summed E-state index contributed by atoms with van der Waals surface area (Å²) in [6.45, 7) is 1.03. The summed E-state index contributed by atoms with van der Waals surface area (Å²) in [5, 5.41) is 0. The van der Waals surface area contributed by atoms with E-state index in [1.165, 1.54) is 4.90 Å². The number of anilines is 1. The van der Waals surface area contributed by atoms with Gasteiger partial charge in [0.05, 0.1) is 12.8 Å². The first-order valence-corrected chi connectivity index (χ1v) is 10.3. The van der Waals surface area contributed by atoms with Crippen LogP contribution in [0.25, 0.3) is 0 Å². The van der Waals surface area contributed by atoms with Gasteiger partial charge in [0.15, 0.2) is 18.1 Å². The van der Waals surface area contributed by atoms with Crippen molar-refractivity contribution in [3.05, 3.63) is 54.6 Å². The highest BCUT2D eigenvalue weighted by molar-refractivity contribution is 6.19. The third-order valence-electron chi connectivity index (χ3n) is 5.68. The largest absolute Gasteiger partial charge is 0.493 e. The van der Waals surface area contributed by atoms with Crippen molar-refractivity contribution in [1.82, 2.24) is 9.80 Å². The Morgan fingerprint density at radius 1 is 0.968 bits per heavy atom. The van der Waals surface area contributed by atoms with E-state index in [0.29, 0.717) is 43.1 Å². The standard InChI is InChI=1S/C23H25N3O5/c1-30-19-9-5-6-10-20(19)31-16-22(28)24-13-11-17(12-14-24)25-15-21(27)26(23(25)29)18-7-3-2-4-8-18/h2-10,17H,11-16H2,1H3. The highest BCUT2D eigenvalue weighted by Crippen LogP contribution is 2.27. The summed E-state index contributed by atoms with van der Waals surface area (Å²) in [6, 6.07) is 15.8. The molecular formula is C23H25N3O5. The van der Waals surface area contributed by atoms with Crippen molar-refractivity contribution in [2.75, 3.05) is 38.3 Å². The van der Waals surface area contributed by atoms with Crippen molar-refractivity contribution in [3.63, 3.8) is 0 Å². The Kier molecular flexibility index (Phi) is 6.06. The average molecular weight is 423 g/mol. The van der Waals surface area contributed by atoms with Gasteiger partial charge in [0, 0.05) is 19.1 Å². The van der Waals surface area contributed by atoms with Gasteiger partial charge in [0.25, 0.3) is 11.8 Å². The summed E-state index contributed by atoms with van der Waals surface area (Å²) in [5.74, 6) is 0.767. The SMILES string of the molecule is COc1ccccc1OCC(=O)N1CCC(N2CC(=O)N(c3ccccc3)C2=O)CC1. The lowest BCUT2D eigenvalue weighted by Gasteiger charge is -2.36. The third-order valence-corrected chi connectivity index (χ3v) is 5.68. The maximum Gasteiger partial charge on any atom is 0.332 e. The van der Waals surface area contributed by atoms with Crippen molar-refractivity contribution < 1.29 is 23.9 Å². The van der Waals surface area contributed by atoms with E-state index in [-0.39, 0.29) is 37.0 Å². The molecule has 2 aromatic carbocycles. The van der Waals surface area contributed by atoms with E-state index in [2.05, 4.69) is 0 Å². The first-order chi connectivity index (χ1) is 15.1. The molecule has 0 saturated carbocycles. The molecule has 2 aromatic rings. The van der Waals surface area contributed by atoms with E-state index in [1.54, 1.807) is 53.3 Å². The predicted octanol–water partition coefficient (Wildman–Crippen LogP) is 2.53. The molecule has 2 fully saturated rings. The Labute approximate surface area is 180 Å². The number of hydrogen-bond acceptors (Lipinski definition) is 5. The van der Waals surface area contributed by atoms with Crippen LogP contribution in [0, 0.1) is 0 Å². The number of imide groups is 1. The number of ether oxygens (including phenoxy) is 2. The van der Waals surface area contributed by atoms with Gasteiger partial charge in [-0.3, -0.25) is 9.59 Å². The van der Waals surface area contributed by atoms with Crippen molar-refractivity contribution in [2.24, 2.45) is 0 Å². The molecule has 2 aliphatic rings. The van der Waals surface area contributed by atoms with E-state index >= 15 is 0 Å². The van der Waals surface area contributed by atoms with Crippen LogP contribution in [-0.2, 0) is 9.59 Å². The molecule has 0 spiro atoms. The van der Waals surface area contributed by atoms with Crippen LogP contribution in [0.15, 0.2) is 54.6 Å². The van der Waals surface area contributed by atoms with Crippen LogP contribution in [0.3, 0.4) is 0 Å². The number of rotatable bonds is 6. The molecular weight excluding hydrogens is 398 g/mol. The lowest BCUT2D eigenvalue weighted by Crippen LogP contribution is -2.49. The zero-order valence-corrected chi connectivity index (χ0v) is 17.4. The molecule has 0 unspecified atom stereocenters.